The number of carbonyl (C=O) groups excluding carboxylic acids is 1. The van der Waals surface area contributed by atoms with Crippen LogP contribution in [-0.4, -0.2) is 43.0 Å². The molecule has 1 atom stereocenters. The van der Waals surface area contributed by atoms with Crippen LogP contribution in [0, 0.1) is 0 Å². The zero-order valence-corrected chi connectivity index (χ0v) is 18.4. The zero-order valence-electron chi connectivity index (χ0n) is 16.9. The summed E-state index contributed by atoms with van der Waals surface area (Å²) in [4.78, 5) is 28.7. The van der Waals surface area contributed by atoms with Gasteiger partial charge in [-0.05, 0) is 43.2 Å². The first kappa shape index (κ1) is 22.4. The van der Waals surface area contributed by atoms with E-state index in [1.807, 2.05) is 0 Å². The van der Waals surface area contributed by atoms with Crippen molar-refractivity contribution in [3.05, 3.63) is 75.3 Å². The molecule has 1 fully saturated rings. The van der Waals surface area contributed by atoms with Crippen molar-refractivity contribution in [2.75, 3.05) is 13.2 Å². The van der Waals surface area contributed by atoms with E-state index in [1.165, 1.54) is 22.6 Å². The predicted octanol–water partition coefficient (Wildman–Crippen LogP) is 2.16. The Hall–Kier alpha value is -2.79. The van der Waals surface area contributed by atoms with E-state index in [4.69, 9.17) is 21.1 Å². The van der Waals surface area contributed by atoms with Crippen LogP contribution in [0.5, 0.6) is 0 Å². The maximum absolute atomic E-state index is 12.7. The first-order chi connectivity index (χ1) is 15.3. The molecule has 0 amide bonds. The van der Waals surface area contributed by atoms with Gasteiger partial charge in [0.25, 0.3) is 5.56 Å². The Morgan fingerprint density at radius 2 is 2.12 bits per heavy atom. The van der Waals surface area contributed by atoms with Crippen molar-refractivity contribution in [2.45, 2.75) is 30.4 Å². The van der Waals surface area contributed by atoms with E-state index >= 15 is 0 Å². The van der Waals surface area contributed by atoms with Crippen molar-refractivity contribution >= 4 is 33.2 Å². The van der Waals surface area contributed by atoms with Crippen molar-refractivity contribution in [2.24, 2.45) is 0 Å². The second-order valence-electron chi connectivity index (χ2n) is 7.22. The molecule has 2 aromatic heterocycles. The van der Waals surface area contributed by atoms with Gasteiger partial charge in [0.2, 0.25) is 10.0 Å². The molecule has 1 aromatic carbocycles. The molecule has 4 rings (SSSR count). The number of rotatable bonds is 7. The predicted molar refractivity (Wildman–Crippen MR) is 116 cm³/mol. The molecule has 0 unspecified atom stereocenters. The van der Waals surface area contributed by atoms with E-state index in [9.17, 15) is 18.0 Å². The van der Waals surface area contributed by atoms with E-state index < -0.39 is 16.0 Å². The summed E-state index contributed by atoms with van der Waals surface area (Å²) in [6, 6.07) is 10.2. The van der Waals surface area contributed by atoms with Crippen LogP contribution in [0.4, 0.5) is 0 Å². The second-order valence-corrected chi connectivity index (χ2v) is 9.37. The van der Waals surface area contributed by atoms with Gasteiger partial charge in [0.05, 0.1) is 22.4 Å². The van der Waals surface area contributed by atoms with Gasteiger partial charge < -0.3 is 9.47 Å². The third-order valence-electron chi connectivity index (χ3n) is 4.96. The van der Waals surface area contributed by atoms with Crippen LogP contribution in [0.15, 0.2) is 58.4 Å². The molecule has 0 radical (unpaired) electrons. The number of halogens is 1. The van der Waals surface area contributed by atoms with Crippen molar-refractivity contribution in [1.82, 2.24) is 14.1 Å². The number of hydrogen-bond donors (Lipinski definition) is 1. The maximum atomic E-state index is 12.7. The molecule has 3 heterocycles. The molecule has 3 aromatic rings. The number of pyridine rings is 1. The van der Waals surface area contributed by atoms with E-state index in [2.05, 4.69) is 9.71 Å². The number of esters is 1. The molecule has 0 spiro atoms. The number of nitrogens with zero attached hydrogens (tertiary/aromatic N) is 2. The molecule has 1 saturated heterocycles. The van der Waals surface area contributed by atoms with Gasteiger partial charge in [-0.25, -0.2) is 22.9 Å². The summed E-state index contributed by atoms with van der Waals surface area (Å²) in [6.07, 6.45) is 3.06. The van der Waals surface area contributed by atoms with Gasteiger partial charge in [0.15, 0.2) is 0 Å². The lowest BCUT2D eigenvalue weighted by Crippen LogP contribution is -2.32. The summed E-state index contributed by atoms with van der Waals surface area (Å²) in [5.41, 5.74) is 0.390. The highest BCUT2D eigenvalue weighted by Gasteiger charge is 2.23. The molecule has 168 valence electrons. The number of sulfonamides is 1. The molecule has 32 heavy (non-hydrogen) atoms. The molecule has 1 N–H and O–H groups in total. The summed E-state index contributed by atoms with van der Waals surface area (Å²) in [6.45, 7) is 0.477. The van der Waals surface area contributed by atoms with Crippen LogP contribution in [0.3, 0.4) is 0 Å². The number of benzene rings is 1. The van der Waals surface area contributed by atoms with Crippen LogP contribution >= 0.6 is 11.6 Å². The minimum Gasteiger partial charge on any atom is -0.456 e. The van der Waals surface area contributed by atoms with Crippen molar-refractivity contribution < 1.29 is 22.7 Å². The quantitative estimate of drug-likeness (QED) is 0.518. The first-order valence-corrected chi connectivity index (χ1v) is 11.7. The molecule has 9 nitrogen and oxygen atoms in total. The third kappa shape index (κ3) is 4.99. The van der Waals surface area contributed by atoms with Gasteiger partial charge in [0, 0.05) is 25.4 Å². The average Bonchev–Trinajstić information content (AvgIpc) is 3.30. The van der Waals surface area contributed by atoms with Crippen LogP contribution in [-0.2, 0) is 26.1 Å². The van der Waals surface area contributed by atoms with Crippen LogP contribution in [0.2, 0.25) is 5.02 Å². The molecule has 0 aliphatic carbocycles. The number of carbonyl (C=O) groups is 1. The van der Waals surface area contributed by atoms with Crippen LogP contribution in [0.1, 0.15) is 28.9 Å². The lowest BCUT2D eigenvalue weighted by atomic mass is 10.2. The van der Waals surface area contributed by atoms with Gasteiger partial charge in [-0.3, -0.25) is 9.20 Å². The Morgan fingerprint density at radius 3 is 2.91 bits per heavy atom. The Morgan fingerprint density at radius 1 is 1.28 bits per heavy atom. The fourth-order valence-electron chi connectivity index (χ4n) is 3.32. The Balaban J connectivity index is 1.47. The molecule has 11 heteroatoms. The van der Waals surface area contributed by atoms with E-state index in [0.29, 0.717) is 12.3 Å². The summed E-state index contributed by atoms with van der Waals surface area (Å²) in [5.74, 6) is -0.771. The van der Waals surface area contributed by atoms with E-state index in [-0.39, 0.29) is 46.0 Å². The second kappa shape index (κ2) is 9.37. The van der Waals surface area contributed by atoms with Gasteiger partial charge >= 0.3 is 5.97 Å². The lowest BCUT2D eigenvalue weighted by Gasteiger charge is -2.13. The number of ether oxygens (including phenoxy) is 2. The van der Waals surface area contributed by atoms with Gasteiger partial charge in [-0.2, -0.15) is 0 Å². The summed E-state index contributed by atoms with van der Waals surface area (Å²) >= 11 is 6.08. The van der Waals surface area contributed by atoms with Crippen LogP contribution < -0.4 is 10.3 Å². The van der Waals surface area contributed by atoms with Crippen molar-refractivity contribution in [3.63, 3.8) is 0 Å². The minimum absolute atomic E-state index is 0.00408. The molecular weight excluding hydrogens is 458 g/mol. The normalized spacial score (nSPS) is 16.3. The van der Waals surface area contributed by atoms with Gasteiger partial charge in [-0.1, -0.05) is 17.7 Å². The number of nitrogens with one attached hydrogen (secondary N) is 1. The SMILES string of the molecule is O=C(OCc1cc(=O)n2ccccc2n1)c1ccc(Cl)c(S(=O)(=O)NC[C@@H]2CCCO2)c1. The first-order valence-electron chi connectivity index (χ1n) is 9.89. The Labute approximate surface area is 189 Å². The Kier molecular flexibility index (Phi) is 6.56. The van der Waals surface area contributed by atoms with Crippen molar-refractivity contribution in [1.29, 1.82) is 0 Å². The smallest absolute Gasteiger partial charge is 0.338 e. The highest BCUT2D eigenvalue weighted by molar-refractivity contribution is 7.89. The monoisotopic (exact) mass is 477 g/mol. The highest BCUT2D eigenvalue weighted by Crippen LogP contribution is 2.23. The Bertz CT molecular complexity index is 1320. The topological polar surface area (TPSA) is 116 Å². The summed E-state index contributed by atoms with van der Waals surface area (Å²) < 4.78 is 39.8. The van der Waals surface area contributed by atoms with Crippen molar-refractivity contribution in [3.8, 4) is 0 Å². The van der Waals surface area contributed by atoms with Crippen LogP contribution in [0.25, 0.3) is 5.65 Å². The number of hydrogen-bond acceptors (Lipinski definition) is 7. The molecule has 0 bridgehead atoms. The van der Waals surface area contributed by atoms with Gasteiger partial charge in [-0.15, -0.1) is 0 Å². The third-order valence-corrected chi connectivity index (χ3v) is 6.86. The lowest BCUT2D eigenvalue weighted by molar-refractivity contribution is 0.0467. The fraction of sp³-hybridized carbons (Fsp3) is 0.286. The number of fused-ring (bicyclic) bond motifs is 1. The highest BCUT2D eigenvalue weighted by atomic mass is 35.5. The zero-order chi connectivity index (χ0) is 22.7. The maximum Gasteiger partial charge on any atom is 0.338 e. The largest absolute Gasteiger partial charge is 0.456 e. The van der Waals surface area contributed by atoms with E-state index in [0.717, 1.165) is 18.9 Å². The molecular formula is C21H20ClN3O6S. The molecule has 1 aliphatic heterocycles. The van der Waals surface area contributed by atoms with E-state index in [1.54, 1.807) is 24.4 Å². The average molecular weight is 478 g/mol. The molecule has 0 saturated carbocycles. The number of aromatic nitrogens is 2. The summed E-state index contributed by atoms with van der Waals surface area (Å²) in [7, 11) is -3.96. The summed E-state index contributed by atoms with van der Waals surface area (Å²) in [5, 5.41) is -0.0226. The standard InChI is InChI=1S/C21H20ClN3O6S/c22-17-7-6-14(10-18(17)32(28,29)23-12-16-4-3-9-30-16)21(27)31-13-15-11-20(26)25-8-2-1-5-19(25)24-15/h1-2,5-8,10-11,16,23H,3-4,9,12-13H2/t16-/m0/s1. The van der Waals surface area contributed by atoms with Gasteiger partial charge in [0.1, 0.15) is 17.1 Å². The fourth-order valence-corrected chi connectivity index (χ4v) is 4.91. The molecule has 1 aliphatic rings. The minimum atomic E-state index is -3.96.